The van der Waals surface area contributed by atoms with E-state index in [4.69, 9.17) is 11.6 Å². The summed E-state index contributed by atoms with van der Waals surface area (Å²) in [5.74, 6) is -2.08. The number of aliphatic carboxylic acids is 1. The molecule has 0 aliphatic heterocycles. The number of carbonyl (C=O) groups excluding carboxylic acids is 1. The van der Waals surface area contributed by atoms with Crippen LogP contribution in [0.25, 0.3) is 11.1 Å². The minimum absolute atomic E-state index is 0.00711. The maximum absolute atomic E-state index is 13.9. The zero-order valence-electron chi connectivity index (χ0n) is 26.6. The molecule has 0 fully saturated rings. The molecule has 0 spiro atoms. The Morgan fingerprint density at radius 1 is 1.07 bits per heavy atom. The Hall–Kier alpha value is -3.70. The molecule has 45 heavy (non-hydrogen) atoms. The lowest BCUT2D eigenvalue weighted by atomic mass is 9.93. The molecule has 0 bridgehead atoms. The number of carboxylic acids is 1. The van der Waals surface area contributed by atoms with E-state index in [0.29, 0.717) is 11.6 Å². The van der Waals surface area contributed by atoms with Crippen molar-refractivity contribution in [3.8, 4) is 11.1 Å². The molecule has 12 heteroatoms. The van der Waals surface area contributed by atoms with Crippen LogP contribution >= 0.6 is 11.6 Å². The molecule has 244 valence electrons. The lowest BCUT2D eigenvalue weighted by Crippen LogP contribution is -2.41. The third-order valence-corrected chi connectivity index (χ3v) is 7.66. The number of carboxylic acid groups (broad SMARTS) is 1. The fraction of sp³-hybridized carbons (Fsp3) is 0.455. The first-order valence-corrected chi connectivity index (χ1v) is 15.0. The standard InChI is InChI=1S/C33H40ClF3N4O4/c1-18(2)10-27(41-17-22(8-9-40(6)7)24(15-29(41)42)33(35,36)37)32(45)39-26(16-30(43)44)25-13-23(14-28(34)38-25)31-20(4)11-19(3)12-21(31)5/h11-15,17-18,26-27H,8-10,16H2,1-7H3,(H,39,45)(H,43,44)/t26-,27-/m0/s1. The van der Waals surface area contributed by atoms with Gasteiger partial charge in [0.1, 0.15) is 11.2 Å². The van der Waals surface area contributed by atoms with Crippen LogP contribution in [0.4, 0.5) is 13.2 Å². The number of rotatable bonds is 12. The van der Waals surface area contributed by atoms with Crippen LogP contribution in [-0.2, 0) is 22.2 Å². The van der Waals surface area contributed by atoms with Crippen LogP contribution in [0.3, 0.4) is 0 Å². The molecule has 0 radical (unpaired) electrons. The lowest BCUT2D eigenvalue weighted by Gasteiger charge is -2.26. The summed E-state index contributed by atoms with van der Waals surface area (Å²) in [4.78, 5) is 45.0. The Morgan fingerprint density at radius 3 is 2.22 bits per heavy atom. The maximum Gasteiger partial charge on any atom is 0.416 e. The molecule has 1 amide bonds. The summed E-state index contributed by atoms with van der Waals surface area (Å²) in [5.41, 5.74) is 2.65. The molecule has 0 saturated carbocycles. The van der Waals surface area contributed by atoms with Crippen molar-refractivity contribution in [3.05, 3.63) is 85.5 Å². The zero-order valence-corrected chi connectivity index (χ0v) is 27.3. The van der Waals surface area contributed by atoms with Crippen molar-refractivity contribution < 1.29 is 27.9 Å². The van der Waals surface area contributed by atoms with Crippen molar-refractivity contribution in [2.75, 3.05) is 20.6 Å². The van der Waals surface area contributed by atoms with Gasteiger partial charge in [0.2, 0.25) is 5.91 Å². The Morgan fingerprint density at radius 2 is 1.69 bits per heavy atom. The van der Waals surface area contributed by atoms with Crippen molar-refractivity contribution in [2.24, 2.45) is 5.92 Å². The first kappa shape index (κ1) is 35.8. The molecular weight excluding hydrogens is 609 g/mol. The van der Waals surface area contributed by atoms with Gasteiger partial charge in [0.25, 0.3) is 5.56 Å². The summed E-state index contributed by atoms with van der Waals surface area (Å²) in [6, 6.07) is 5.52. The van der Waals surface area contributed by atoms with Gasteiger partial charge in [-0.1, -0.05) is 43.1 Å². The number of amides is 1. The number of likely N-dealkylation sites (N-methyl/N-ethyl adjacent to an activating group) is 1. The average Bonchev–Trinajstić information content (AvgIpc) is 2.88. The highest BCUT2D eigenvalue weighted by Crippen LogP contribution is 2.34. The normalized spacial score (nSPS) is 13.3. The van der Waals surface area contributed by atoms with Crippen LogP contribution in [0.5, 0.6) is 0 Å². The quantitative estimate of drug-likeness (QED) is 0.217. The summed E-state index contributed by atoms with van der Waals surface area (Å²) in [7, 11) is 3.44. The Balaban J connectivity index is 2.10. The second-order valence-corrected chi connectivity index (χ2v) is 12.6. The van der Waals surface area contributed by atoms with Gasteiger partial charge in [0.05, 0.1) is 23.7 Å². The number of nitrogens with zero attached hydrogens (tertiary/aromatic N) is 3. The molecule has 8 nitrogen and oxygen atoms in total. The van der Waals surface area contributed by atoms with Gasteiger partial charge in [-0.25, -0.2) is 4.98 Å². The Bertz CT molecular complexity index is 1600. The molecule has 2 N–H and O–H groups in total. The smallest absolute Gasteiger partial charge is 0.416 e. The lowest BCUT2D eigenvalue weighted by molar-refractivity contribution is -0.139. The molecule has 1 aromatic carbocycles. The van der Waals surface area contributed by atoms with Crippen molar-refractivity contribution in [1.82, 2.24) is 19.8 Å². The monoisotopic (exact) mass is 648 g/mol. The SMILES string of the molecule is Cc1cc(C)c(-c2cc(Cl)nc([C@H](CC(=O)O)NC(=O)[C@H](CC(C)C)n3cc(CCN(C)C)c(C(F)(F)F)cc3=O)c2)c(C)c1. The Kier molecular flexibility index (Phi) is 11.6. The van der Waals surface area contributed by atoms with Crippen LogP contribution in [-0.4, -0.2) is 52.1 Å². The molecule has 0 aliphatic carbocycles. The van der Waals surface area contributed by atoms with Gasteiger partial charge in [0.15, 0.2) is 0 Å². The van der Waals surface area contributed by atoms with E-state index >= 15 is 0 Å². The topological polar surface area (TPSA) is 105 Å². The Labute approximate surface area is 266 Å². The van der Waals surface area contributed by atoms with E-state index in [1.165, 1.54) is 0 Å². The van der Waals surface area contributed by atoms with Gasteiger partial charge < -0.3 is 19.9 Å². The van der Waals surface area contributed by atoms with E-state index in [-0.39, 0.29) is 41.7 Å². The summed E-state index contributed by atoms with van der Waals surface area (Å²) >= 11 is 6.41. The fourth-order valence-corrected chi connectivity index (χ4v) is 5.80. The summed E-state index contributed by atoms with van der Waals surface area (Å²) < 4.78 is 42.7. The number of aryl methyl sites for hydroxylation is 3. The molecule has 2 aromatic heterocycles. The van der Waals surface area contributed by atoms with Crippen LogP contribution in [0, 0.1) is 26.7 Å². The number of benzene rings is 1. The van der Waals surface area contributed by atoms with Crippen molar-refractivity contribution in [3.63, 3.8) is 0 Å². The summed E-state index contributed by atoms with van der Waals surface area (Å²) in [5, 5.41) is 12.6. The highest BCUT2D eigenvalue weighted by molar-refractivity contribution is 6.29. The summed E-state index contributed by atoms with van der Waals surface area (Å²) in [6.45, 7) is 9.79. The number of hydrogen-bond acceptors (Lipinski definition) is 5. The van der Waals surface area contributed by atoms with E-state index in [1.54, 1.807) is 31.1 Å². The molecule has 0 saturated heterocycles. The third-order valence-electron chi connectivity index (χ3n) is 7.46. The fourth-order valence-electron chi connectivity index (χ4n) is 5.58. The minimum atomic E-state index is -4.76. The molecule has 3 aromatic rings. The first-order chi connectivity index (χ1) is 20.9. The predicted octanol–water partition coefficient (Wildman–Crippen LogP) is 6.53. The number of alkyl halides is 3. The molecule has 2 atom stereocenters. The second-order valence-electron chi connectivity index (χ2n) is 12.2. The summed E-state index contributed by atoms with van der Waals surface area (Å²) in [6.07, 6.45) is -4.10. The van der Waals surface area contributed by atoms with E-state index in [9.17, 15) is 32.7 Å². The second kappa shape index (κ2) is 14.6. The van der Waals surface area contributed by atoms with Gasteiger partial charge in [-0.2, -0.15) is 13.2 Å². The molecule has 0 aliphatic rings. The minimum Gasteiger partial charge on any atom is -0.481 e. The predicted molar refractivity (Wildman–Crippen MR) is 168 cm³/mol. The van der Waals surface area contributed by atoms with Gasteiger partial charge in [-0.15, -0.1) is 0 Å². The number of carbonyl (C=O) groups is 2. The van der Waals surface area contributed by atoms with Gasteiger partial charge in [-0.3, -0.25) is 14.4 Å². The number of pyridine rings is 2. The van der Waals surface area contributed by atoms with Crippen LogP contribution in [0.15, 0.2) is 41.3 Å². The van der Waals surface area contributed by atoms with Gasteiger partial charge >= 0.3 is 12.1 Å². The van der Waals surface area contributed by atoms with Crippen LogP contribution in [0.1, 0.15) is 72.3 Å². The van der Waals surface area contributed by atoms with Crippen molar-refractivity contribution in [1.29, 1.82) is 0 Å². The highest BCUT2D eigenvalue weighted by Gasteiger charge is 2.36. The van der Waals surface area contributed by atoms with E-state index in [1.807, 2.05) is 46.8 Å². The maximum atomic E-state index is 13.9. The first-order valence-electron chi connectivity index (χ1n) is 14.6. The number of nitrogens with one attached hydrogen (secondary N) is 1. The van der Waals surface area contributed by atoms with E-state index < -0.39 is 47.7 Å². The van der Waals surface area contributed by atoms with Crippen molar-refractivity contribution >= 4 is 23.5 Å². The number of hydrogen-bond donors (Lipinski definition) is 2. The van der Waals surface area contributed by atoms with Crippen LogP contribution < -0.4 is 10.9 Å². The highest BCUT2D eigenvalue weighted by atomic mass is 35.5. The van der Waals surface area contributed by atoms with Gasteiger partial charge in [-0.05, 0) is 93.6 Å². The largest absolute Gasteiger partial charge is 0.481 e. The van der Waals surface area contributed by atoms with Crippen molar-refractivity contribution in [2.45, 2.75) is 72.1 Å². The molecule has 0 unspecified atom stereocenters. The van der Waals surface area contributed by atoms with E-state index in [2.05, 4.69) is 10.3 Å². The van der Waals surface area contributed by atoms with Crippen LogP contribution in [0.2, 0.25) is 5.15 Å². The number of aromatic nitrogens is 2. The molecule has 3 rings (SSSR count). The molecule has 2 heterocycles. The van der Waals surface area contributed by atoms with E-state index in [0.717, 1.165) is 33.0 Å². The zero-order chi connectivity index (χ0) is 33.8. The number of halogens is 4. The molecular formula is C33H40ClF3N4O4. The third kappa shape index (κ3) is 9.40. The van der Waals surface area contributed by atoms with Gasteiger partial charge in [0, 0.05) is 18.8 Å². The average molecular weight is 649 g/mol.